The number of nitrogens with zero attached hydrogens (tertiary/aromatic N) is 2. The molecule has 2 rings (SSSR count). The molecule has 1 saturated heterocycles. The van der Waals surface area contributed by atoms with Crippen LogP contribution in [0.25, 0.3) is 0 Å². The van der Waals surface area contributed by atoms with E-state index in [0.29, 0.717) is 11.6 Å². The first-order valence-electron chi connectivity index (χ1n) is 7.61. The van der Waals surface area contributed by atoms with Crippen LogP contribution in [-0.4, -0.2) is 42.0 Å². The number of hydrogen-bond acceptors (Lipinski definition) is 4. The number of nitro benzene ring substituents is 1. The van der Waals surface area contributed by atoms with Gasteiger partial charge >= 0.3 is 6.03 Å². The number of nitrogens with one attached hydrogen (secondary N) is 2. The fourth-order valence-corrected chi connectivity index (χ4v) is 2.56. The Morgan fingerprint density at radius 1 is 1.32 bits per heavy atom. The van der Waals surface area contributed by atoms with Crippen molar-refractivity contribution < 1.29 is 9.72 Å². The molecule has 2 amide bonds. The molecule has 2 N–H and O–H groups in total. The van der Waals surface area contributed by atoms with Crippen LogP contribution in [0.5, 0.6) is 0 Å². The van der Waals surface area contributed by atoms with Crippen molar-refractivity contribution in [1.29, 1.82) is 0 Å². The molecule has 0 unspecified atom stereocenters. The minimum absolute atomic E-state index is 0.0160. The van der Waals surface area contributed by atoms with Gasteiger partial charge in [0.1, 0.15) is 0 Å². The van der Waals surface area contributed by atoms with Crippen LogP contribution in [0, 0.1) is 16.0 Å². The molecular formula is C15H22N4O3. The maximum absolute atomic E-state index is 12.2. The minimum atomic E-state index is -0.458. The number of likely N-dealkylation sites (tertiary alicyclic amines) is 1. The van der Waals surface area contributed by atoms with Gasteiger partial charge in [-0.3, -0.25) is 10.1 Å². The number of nitro groups is 1. The summed E-state index contributed by atoms with van der Waals surface area (Å²) >= 11 is 0. The normalized spacial score (nSPS) is 15.6. The van der Waals surface area contributed by atoms with Crippen molar-refractivity contribution in [1.82, 2.24) is 10.2 Å². The molecule has 7 nitrogen and oxygen atoms in total. The van der Waals surface area contributed by atoms with Crippen LogP contribution in [0.4, 0.5) is 16.2 Å². The number of urea groups is 1. The number of carbonyl (C=O) groups excluding carboxylic acids is 1. The summed E-state index contributed by atoms with van der Waals surface area (Å²) in [6, 6.07) is 5.73. The third-order valence-corrected chi connectivity index (χ3v) is 3.91. The van der Waals surface area contributed by atoms with E-state index in [1.807, 2.05) is 0 Å². The van der Waals surface area contributed by atoms with Crippen molar-refractivity contribution >= 4 is 17.4 Å². The summed E-state index contributed by atoms with van der Waals surface area (Å²) in [4.78, 5) is 24.1. The number of carbonyl (C=O) groups is 1. The summed E-state index contributed by atoms with van der Waals surface area (Å²) in [6.45, 7) is 5.56. The summed E-state index contributed by atoms with van der Waals surface area (Å²) in [5.74, 6) is 0.628. The van der Waals surface area contributed by atoms with Gasteiger partial charge in [-0.15, -0.1) is 0 Å². The number of piperidine rings is 1. The first-order valence-corrected chi connectivity index (χ1v) is 7.61. The molecule has 1 heterocycles. The van der Waals surface area contributed by atoms with Crippen molar-refractivity contribution in [3.63, 3.8) is 0 Å². The highest BCUT2D eigenvalue weighted by atomic mass is 16.6. The Morgan fingerprint density at radius 3 is 2.50 bits per heavy atom. The number of rotatable bonds is 5. The largest absolute Gasteiger partial charge is 0.325 e. The highest BCUT2D eigenvalue weighted by molar-refractivity contribution is 5.89. The molecule has 1 aromatic rings. The lowest BCUT2D eigenvalue weighted by atomic mass is 9.97. The van der Waals surface area contributed by atoms with Crippen LogP contribution in [0.1, 0.15) is 19.8 Å². The lowest BCUT2D eigenvalue weighted by Gasteiger charge is -2.32. The Balaban J connectivity index is 1.81. The van der Waals surface area contributed by atoms with Crippen molar-refractivity contribution in [2.75, 3.05) is 31.5 Å². The van der Waals surface area contributed by atoms with E-state index in [2.05, 4.69) is 17.6 Å². The van der Waals surface area contributed by atoms with Crippen molar-refractivity contribution in [2.45, 2.75) is 19.8 Å². The highest BCUT2D eigenvalue weighted by Crippen LogP contribution is 2.19. The molecule has 1 fully saturated rings. The molecule has 0 saturated carbocycles. The predicted octanol–water partition coefficient (Wildman–Crippen LogP) is 2.45. The molecule has 1 aliphatic rings. The Hall–Kier alpha value is -2.15. The van der Waals surface area contributed by atoms with Gasteiger partial charge in [-0.25, -0.2) is 4.79 Å². The molecule has 0 bridgehead atoms. The third-order valence-electron chi connectivity index (χ3n) is 3.91. The van der Waals surface area contributed by atoms with E-state index in [1.54, 1.807) is 17.0 Å². The van der Waals surface area contributed by atoms with Gasteiger partial charge in [0.25, 0.3) is 5.69 Å². The summed E-state index contributed by atoms with van der Waals surface area (Å²) in [5.41, 5.74) is 0.590. The number of hydrogen-bond donors (Lipinski definition) is 2. The zero-order valence-corrected chi connectivity index (χ0v) is 12.7. The zero-order chi connectivity index (χ0) is 15.9. The van der Waals surface area contributed by atoms with Crippen molar-refractivity contribution in [3.05, 3.63) is 34.4 Å². The van der Waals surface area contributed by atoms with Crippen LogP contribution in [0.3, 0.4) is 0 Å². The van der Waals surface area contributed by atoms with Crippen molar-refractivity contribution in [3.8, 4) is 0 Å². The number of amides is 2. The first kappa shape index (κ1) is 16.2. The standard InChI is InChI=1S/C15H22N4O3/c1-2-16-11-12-7-9-18(10-8-12)15(20)17-13-3-5-14(6-4-13)19(21)22/h3-6,12,16H,2,7-11H2,1H3,(H,17,20). The maximum Gasteiger partial charge on any atom is 0.321 e. The van der Waals surface area contributed by atoms with E-state index in [-0.39, 0.29) is 11.7 Å². The Labute approximate surface area is 129 Å². The Morgan fingerprint density at radius 2 is 1.95 bits per heavy atom. The molecule has 0 spiro atoms. The van der Waals surface area contributed by atoms with Crippen LogP contribution in [0.2, 0.25) is 0 Å². The van der Waals surface area contributed by atoms with Crippen LogP contribution in [0.15, 0.2) is 24.3 Å². The summed E-state index contributed by atoms with van der Waals surface area (Å²) in [5, 5.41) is 16.7. The fraction of sp³-hybridized carbons (Fsp3) is 0.533. The zero-order valence-electron chi connectivity index (χ0n) is 12.7. The minimum Gasteiger partial charge on any atom is -0.325 e. The molecule has 7 heteroatoms. The molecule has 1 aliphatic heterocycles. The number of non-ortho nitro benzene ring substituents is 1. The Bertz CT molecular complexity index is 510. The van der Waals surface area contributed by atoms with Crippen molar-refractivity contribution in [2.24, 2.45) is 5.92 Å². The monoisotopic (exact) mass is 306 g/mol. The second kappa shape index (κ2) is 7.74. The van der Waals surface area contributed by atoms with E-state index in [0.717, 1.165) is 39.0 Å². The van der Waals surface area contributed by atoms with Gasteiger partial charge in [0.2, 0.25) is 0 Å². The summed E-state index contributed by atoms with van der Waals surface area (Å²) < 4.78 is 0. The van der Waals surface area contributed by atoms with E-state index in [4.69, 9.17) is 0 Å². The van der Waals surface area contributed by atoms with Gasteiger partial charge in [-0.05, 0) is 44.0 Å². The van der Waals surface area contributed by atoms with E-state index >= 15 is 0 Å². The van der Waals surface area contributed by atoms with Gasteiger partial charge in [0.15, 0.2) is 0 Å². The first-order chi connectivity index (χ1) is 10.6. The second-order valence-electron chi connectivity index (χ2n) is 5.47. The SMILES string of the molecule is CCNCC1CCN(C(=O)Nc2ccc([N+](=O)[O-])cc2)CC1. The average molecular weight is 306 g/mol. The molecule has 1 aromatic carbocycles. The highest BCUT2D eigenvalue weighted by Gasteiger charge is 2.22. The van der Waals surface area contributed by atoms with Gasteiger partial charge in [-0.2, -0.15) is 0 Å². The van der Waals surface area contributed by atoms with E-state index < -0.39 is 4.92 Å². The molecule has 0 radical (unpaired) electrons. The lowest BCUT2D eigenvalue weighted by Crippen LogP contribution is -2.42. The van der Waals surface area contributed by atoms with E-state index in [1.165, 1.54) is 12.1 Å². The molecular weight excluding hydrogens is 284 g/mol. The van der Waals surface area contributed by atoms with Gasteiger partial charge in [0, 0.05) is 30.9 Å². The topological polar surface area (TPSA) is 87.5 Å². The van der Waals surface area contributed by atoms with Gasteiger partial charge in [0.05, 0.1) is 4.92 Å². The molecule has 0 atom stereocenters. The quantitative estimate of drug-likeness (QED) is 0.646. The molecule has 0 aromatic heterocycles. The lowest BCUT2D eigenvalue weighted by molar-refractivity contribution is -0.384. The smallest absolute Gasteiger partial charge is 0.321 e. The predicted molar refractivity (Wildman–Crippen MR) is 85.0 cm³/mol. The Kier molecular flexibility index (Phi) is 5.71. The molecule has 120 valence electrons. The fourth-order valence-electron chi connectivity index (χ4n) is 2.56. The average Bonchev–Trinajstić information content (AvgIpc) is 2.54. The summed E-state index contributed by atoms with van der Waals surface area (Å²) in [7, 11) is 0. The van der Waals surface area contributed by atoms with E-state index in [9.17, 15) is 14.9 Å². The third kappa shape index (κ3) is 4.42. The summed E-state index contributed by atoms with van der Waals surface area (Å²) in [6.07, 6.45) is 2.00. The molecule has 0 aliphatic carbocycles. The second-order valence-corrected chi connectivity index (χ2v) is 5.47. The maximum atomic E-state index is 12.2. The number of benzene rings is 1. The van der Waals surface area contributed by atoms with Crippen LogP contribution >= 0.6 is 0 Å². The van der Waals surface area contributed by atoms with Gasteiger partial charge in [-0.1, -0.05) is 6.92 Å². The van der Waals surface area contributed by atoms with Gasteiger partial charge < -0.3 is 15.5 Å². The van der Waals surface area contributed by atoms with Crippen LogP contribution < -0.4 is 10.6 Å². The molecule has 22 heavy (non-hydrogen) atoms. The van der Waals surface area contributed by atoms with Crippen LogP contribution in [-0.2, 0) is 0 Å². The number of anilines is 1.